The van der Waals surface area contributed by atoms with Gasteiger partial charge < -0.3 is 4.42 Å². The SMILES string of the molecule is Fc1ccc(CN[C@@H](c2nnc(-c3ccccc3)o2)c2ccccc2F)cc1. The molecule has 140 valence electrons. The molecule has 0 unspecified atom stereocenters. The van der Waals surface area contributed by atoms with Crippen molar-refractivity contribution in [3.63, 3.8) is 0 Å². The maximum absolute atomic E-state index is 14.5. The van der Waals surface area contributed by atoms with Gasteiger partial charge in [-0.15, -0.1) is 10.2 Å². The fourth-order valence-corrected chi connectivity index (χ4v) is 2.91. The smallest absolute Gasteiger partial charge is 0.247 e. The van der Waals surface area contributed by atoms with Gasteiger partial charge in [0, 0.05) is 17.7 Å². The Morgan fingerprint density at radius 2 is 1.54 bits per heavy atom. The van der Waals surface area contributed by atoms with Crippen LogP contribution in [0, 0.1) is 11.6 Å². The van der Waals surface area contributed by atoms with Crippen LogP contribution >= 0.6 is 0 Å². The Morgan fingerprint density at radius 1 is 0.821 bits per heavy atom. The summed E-state index contributed by atoms with van der Waals surface area (Å²) < 4.78 is 33.4. The van der Waals surface area contributed by atoms with Gasteiger partial charge in [0.25, 0.3) is 0 Å². The summed E-state index contributed by atoms with van der Waals surface area (Å²) >= 11 is 0. The number of nitrogens with zero attached hydrogens (tertiary/aromatic N) is 2. The van der Waals surface area contributed by atoms with E-state index >= 15 is 0 Å². The summed E-state index contributed by atoms with van der Waals surface area (Å²) in [6, 6.07) is 21.3. The van der Waals surface area contributed by atoms with E-state index in [1.807, 2.05) is 30.3 Å². The van der Waals surface area contributed by atoms with E-state index in [1.165, 1.54) is 18.2 Å². The Kier molecular flexibility index (Phi) is 5.21. The van der Waals surface area contributed by atoms with Gasteiger partial charge in [0.15, 0.2) is 0 Å². The summed E-state index contributed by atoms with van der Waals surface area (Å²) in [4.78, 5) is 0. The third kappa shape index (κ3) is 3.97. The molecule has 0 radical (unpaired) electrons. The summed E-state index contributed by atoms with van der Waals surface area (Å²) in [6.45, 7) is 0.377. The molecule has 0 spiro atoms. The summed E-state index contributed by atoms with van der Waals surface area (Å²) in [5.41, 5.74) is 2.03. The van der Waals surface area contributed by atoms with Gasteiger partial charge >= 0.3 is 0 Å². The van der Waals surface area contributed by atoms with Crippen LogP contribution in [-0.2, 0) is 6.54 Å². The third-order valence-corrected chi connectivity index (χ3v) is 4.35. The predicted octanol–water partition coefficient (Wildman–Crippen LogP) is 4.89. The number of nitrogens with one attached hydrogen (secondary N) is 1. The van der Waals surface area contributed by atoms with Crippen molar-refractivity contribution in [3.05, 3.63) is 108 Å². The Labute approximate surface area is 160 Å². The van der Waals surface area contributed by atoms with Crippen LogP contribution in [0.5, 0.6) is 0 Å². The summed E-state index contributed by atoms with van der Waals surface area (Å²) in [5.74, 6) is -0.0658. The van der Waals surface area contributed by atoms with Gasteiger partial charge in [0.2, 0.25) is 11.8 Å². The lowest BCUT2D eigenvalue weighted by atomic mass is 10.1. The number of aromatic nitrogens is 2. The molecule has 0 fully saturated rings. The predicted molar refractivity (Wildman–Crippen MR) is 101 cm³/mol. The van der Waals surface area contributed by atoms with Crippen molar-refractivity contribution in [2.75, 3.05) is 0 Å². The molecular formula is C22H17F2N3O. The van der Waals surface area contributed by atoms with E-state index in [4.69, 9.17) is 4.42 Å². The lowest BCUT2D eigenvalue weighted by molar-refractivity contribution is 0.427. The van der Waals surface area contributed by atoms with Gasteiger partial charge in [-0.1, -0.05) is 48.5 Å². The first-order chi connectivity index (χ1) is 13.7. The Hall–Kier alpha value is -3.38. The lowest BCUT2D eigenvalue weighted by Crippen LogP contribution is -2.23. The summed E-state index contributed by atoms with van der Waals surface area (Å²) in [5, 5.41) is 11.5. The summed E-state index contributed by atoms with van der Waals surface area (Å²) in [6.07, 6.45) is 0. The highest BCUT2D eigenvalue weighted by molar-refractivity contribution is 5.51. The van der Waals surface area contributed by atoms with Gasteiger partial charge in [0.05, 0.1) is 0 Å². The van der Waals surface area contributed by atoms with Crippen LogP contribution in [0.1, 0.15) is 23.1 Å². The molecule has 4 aromatic rings. The molecule has 1 atom stereocenters. The number of benzene rings is 3. The number of rotatable bonds is 6. The Balaban J connectivity index is 1.64. The van der Waals surface area contributed by atoms with Gasteiger partial charge in [-0.25, -0.2) is 8.78 Å². The van der Waals surface area contributed by atoms with Crippen molar-refractivity contribution in [2.24, 2.45) is 0 Å². The van der Waals surface area contributed by atoms with Crippen molar-refractivity contribution in [1.29, 1.82) is 0 Å². The van der Waals surface area contributed by atoms with Crippen LogP contribution in [0.25, 0.3) is 11.5 Å². The van der Waals surface area contributed by atoms with Crippen LogP contribution in [0.4, 0.5) is 8.78 Å². The molecule has 4 rings (SSSR count). The molecule has 0 aliphatic carbocycles. The minimum absolute atomic E-state index is 0.256. The zero-order chi connectivity index (χ0) is 19.3. The lowest BCUT2D eigenvalue weighted by Gasteiger charge is -2.16. The maximum Gasteiger partial charge on any atom is 0.247 e. The van der Waals surface area contributed by atoms with Gasteiger partial charge in [-0.2, -0.15) is 0 Å². The van der Waals surface area contributed by atoms with Crippen LogP contribution in [0.2, 0.25) is 0 Å². The van der Waals surface area contributed by atoms with Crippen LogP contribution in [-0.4, -0.2) is 10.2 Å². The highest BCUT2D eigenvalue weighted by atomic mass is 19.1. The fourth-order valence-electron chi connectivity index (χ4n) is 2.91. The second-order valence-electron chi connectivity index (χ2n) is 6.27. The molecule has 1 aromatic heterocycles. The van der Waals surface area contributed by atoms with E-state index in [0.717, 1.165) is 11.1 Å². The molecule has 0 bridgehead atoms. The Bertz CT molecular complexity index is 1050. The topological polar surface area (TPSA) is 51.0 Å². The molecule has 0 aliphatic heterocycles. The van der Waals surface area contributed by atoms with E-state index in [0.29, 0.717) is 18.0 Å². The van der Waals surface area contributed by atoms with Crippen molar-refractivity contribution in [1.82, 2.24) is 15.5 Å². The minimum Gasteiger partial charge on any atom is -0.419 e. The molecule has 0 saturated carbocycles. The molecule has 1 heterocycles. The van der Waals surface area contributed by atoms with Gasteiger partial charge in [0.1, 0.15) is 17.7 Å². The van der Waals surface area contributed by atoms with Crippen LogP contribution < -0.4 is 5.32 Å². The van der Waals surface area contributed by atoms with Crippen molar-refractivity contribution >= 4 is 0 Å². The zero-order valence-electron chi connectivity index (χ0n) is 14.8. The molecule has 1 N–H and O–H groups in total. The number of halogens is 2. The number of hydrogen-bond donors (Lipinski definition) is 1. The standard InChI is InChI=1S/C22H17F2N3O/c23-17-12-10-15(11-13-17)14-25-20(18-8-4-5-9-19(18)24)22-27-26-21(28-22)16-6-2-1-3-7-16/h1-13,20,25H,14H2/t20-/m1/s1. The van der Waals surface area contributed by atoms with E-state index < -0.39 is 6.04 Å². The molecule has 28 heavy (non-hydrogen) atoms. The first-order valence-corrected chi connectivity index (χ1v) is 8.82. The van der Waals surface area contributed by atoms with Gasteiger partial charge in [-0.3, -0.25) is 5.32 Å². The zero-order valence-corrected chi connectivity index (χ0v) is 14.8. The van der Waals surface area contributed by atoms with Crippen molar-refractivity contribution in [2.45, 2.75) is 12.6 Å². The molecule has 4 nitrogen and oxygen atoms in total. The van der Waals surface area contributed by atoms with Gasteiger partial charge in [-0.05, 0) is 35.9 Å². The second-order valence-corrected chi connectivity index (χ2v) is 6.27. The maximum atomic E-state index is 14.5. The van der Waals surface area contributed by atoms with E-state index in [2.05, 4.69) is 15.5 Å². The molecule has 0 saturated heterocycles. The average Bonchev–Trinajstić information content (AvgIpc) is 3.21. The van der Waals surface area contributed by atoms with Crippen LogP contribution in [0.3, 0.4) is 0 Å². The summed E-state index contributed by atoms with van der Waals surface area (Å²) in [7, 11) is 0. The molecule has 3 aromatic carbocycles. The highest BCUT2D eigenvalue weighted by Gasteiger charge is 2.23. The van der Waals surface area contributed by atoms with E-state index in [1.54, 1.807) is 30.3 Å². The highest BCUT2D eigenvalue weighted by Crippen LogP contribution is 2.27. The number of hydrogen-bond acceptors (Lipinski definition) is 4. The quantitative estimate of drug-likeness (QED) is 0.520. The molecule has 6 heteroatoms. The van der Waals surface area contributed by atoms with E-state index in [9.17, 15) is 8.78 Å². The monoisotopic (exact) mass is 377 g/mol. The molecular weight excluding hydrogens is 360 g/mol. The van der Waals surface area contributed by atoms with Crippen LogP contribution in [0.15, 0.2) is 83.3 Å². The van der Waals surface area contributed by atoms with Crippen molar-refractivity contribution < 1.29 is 13.2 Å². The second kappa shape index (κ2) is 8.10. The fraction of sp³-hybridized carbons (Fsp3) is 0.0909. The van der Waals surface area contributed by atoms with Crippen molar-refractivity contribution in [3.8, 4) is 11.5 Å². The average molecular weight is 377 g/mol. The molecule has 0 aliphatic rings. The normalized spacial score (nSPS) is 12.1. The largest absolute Gasteiger partial charge is 0.419 e. The first-order valence-electron chi connectivity index (χ1n) is 8.82. The Morgan fingerprint density at radius 3 is 2.29 bits per heavy atom. The molecule has 0 amide bonds. The minimum atomic E-state index is -0.642. The third-order valence-electron chi connectivity index (χ3n) is 4.35. The van der Waals surface area contributed by atoms with E-state index in [-0.39, 0.29) is 17.5 Å². The first kappa shape index (κ1) is 18.0.